The van der Waals surface area contributed by atoms with Gasteiger partial charge in [0.2, 0.25) is 0 Å². The van der Waals surface area contributed by atoms with Crippen LogP contribution in [0.2, 0.25) is 0 Å². The smallest absolute Gasteiger partial charge is 0.331 e. The second kappa shape index (κ2) is 19.9. The van der Waals surface area contributed by atoms with Gasteiger partial charge in [0.05, 0.1) is 48.1 Å². The Morgan fingerprint density at radius 3 is 2.03 bits per heavy atom. The van der Waals surface area contributed by atoms with E-state index in [-0.39, 0.29) is 31.8 Å². The Kier molecular flexibility index (Phi) is 15.2. The summed E-state index contributed by atoms with van der Waals surface area (Å²) in [6.07, 6.45) is -4.03. The van der Waals surface area contributed by atoms with E-state index in [4.69, 9.17) is 47.4 Å². The van der Waals surface area contributed by atoms with Crippen LogP contribution in [0.3, 0.4) is 0 Å². The fourth-order valence-corrected chi connectivity index (χ4v) is 13.5. The number of hydrogen-bond donors (Lipinski definition) is 6. The van der Waals surface area contributed by atoms with Crippen LogP contribution in [0.1, 0.15) is 105 Å². The van der Waals surface area contributed by atoms with E-state index in [1.165, 1.54) is 20.1 Å². The Morgan fingerprint density at radius 1 is 0.779 bits per heavy atom. The molecule has 17 heteroatoms. The first kappa shape index (κ1) is 51.9. The zero-order valence-electron chi connectivity index (χ0n) is 41.0. The first-order valence-corrected chi connectivity index (χ1v) is 24.5. The molecule has 1 aromatic carbocycles. The molecule has 0 unspecified atom stereocenters. The fraction of sp³-hybridized carbons (Fsp3) is 0.784. The summed E-state index contributed by atoms with van der Waals surface area (Å²) in [4.78, 5) is 13.6. The predicted molar refractivity (Wildman–Crippen MR) is 243 cm³/mol. The molecule has 0 radical (unpaired) electrons. The highest BCUT2D eigenvalue weighted by molar-refractivity contribution is 5.87. The number of benzene rings is 1. The van der Waals surface area contributed by atoms with Crippen LogP contribution < -0.4 is 0 Å². The van der Waals surface area contributed by atoms with Crippen molar-refractivity contribution in [3.8, 4) is 0 Å². The fourth-order valence-electron chi connectivity index (χ4n) is 13.5. The first-order valence-electron chi connectivity index (χ1n) is 24.5. The quantitative estimate of drug-likeness (QED) is 0.0945. The third-order valence-corrected chi connectivity index (χ3v) is 17.6. The van der Waals surface area contributed by atoms with Crippen LogP contribution in [0.4, 0.5) is 0 Å². The van der Waals surface area contributed by atoms with E-state index in [2.05, 4.69) is 6.92 Å². The van der Waals surface area contributed by atoms with Crippen molar-refractivity contribution < 1.29 is 82.8 Å². The van der Waals surface area contributed by atoms with Gasteiger partial charge in [-0.1, -0.05) is 55.8 Å². The van der Waals surface area contributed by atoms with E-state index < -0.39 is 132 Å². The molecule has 3 saturated heterocycles. The molecule has 3 aliphatic heterocycles. The average molecular weight is 961 g/mol. The second-order valence-corrected chi connectivity index (χ2v) is 21.1. The highest BCUT2D eigenvalue weighted by Gasteiger charge is 2.81. The number of fused-ring (bicyclic) bond motifs is 5. The molecule has 0 aromatic heterocycles. The van der Waals surface area contributed by atoms with Crippen molar-refractivity contribution in [2.45, 2.75) is 214 Å². The van der Waals surface area contributed by atoms with Gasteiger partial charge in [0.25, 0.3) is 0 Å². The molecule has 382 valence electrons. The number of carbonyl (C=O) groups is 1. The van der Waals surface area contributed by atoms with E-state index in [0.717, 1.165) is 11.1 Å². The molecule has 0 bridgehead atoms. The number of methoxy groups -OCH3 is 3. The van der Waals surface area contributed by atoms with Crippen molar-refractivity contribution in [1.29, 1.82) is 0 Å². The normalized spacial score (nSPS) is 48.8. The summed E-state index contributed by atoms with van der Waals surface area (Å²) in [6.45, 7) is 10.7. The molecular weight excluding hydrogens is 885 g/mol. The molecule has 1 aromatic rings. The van der Waals surface area contributed by atoms with Gasteiger partial charge in [-0.2, -0.15) is 0 Å². The van der Waals surface area contributed by atoms with E-state index >= 15 is 0 Å². The van der Waals surface area contributed by atoms with Crippen LogP contribution in [0, 0.1) is 16.7 Å². The zero-order valence-corrected chi connectivity index (χ0v) is 41.0. The molecule has 6 fully saturated rings. The number of esters is 1. The first-order chi connectivity index (χ1) is 32.2. The lowest BCUT2D eigenvalue weighted by molar-refractivity contribution is -0.352. The van der Waals surface area contributed by atoms with Crippen LogP contribution in [0.5, 0.6) is 0 Å². The van der Waals surface area contributed by atoms with Crippen molar-refractivity contribution >= 4 is 12.0 Å². The van der Waals surface area contributed by atoms with Gasteiger partial charge in [0.15, 0.2) is 18.9 Å². The van der Waals surface area contributed by atoms with E-state index in [9.17, 15) is 35.4 Å². The molecule has 3 saturated carbocycles. The molecule has 6 N–H and O–H groups in total. The van der Waals surface area contributed by atoms with Crippen LogP contribution >= 0.6 is 0 Å². The van der Waals surface area contributed by atoms with Crippen molar-refractivity contribution in [1.82, 2.24) is 0 Å². The molecular formula is C51H76O17. The van der Waals surface area contributed by atoms with Gasteiger partial charge in [0.1, 0.15) is 53.4 Å². The van der Waals surface area contributed by atoms with E-state index in [0.29, 0.717) is 32.1 Å². The maximum absolute atomic E-state index is 13.6. The maximum Gasteiger partial charge on any atom is 0.331 e. The Morgan fingerprint density at radius 2 is 1.41 bits per heavy atom. The molecule has 7 aliphatic rings. The lowest BCUT2D eigenvalue weighted by Crippen LogP contribution is -2.78. The number of aliphatic hydroxyl groups is 6. The Balaban J connectivity index is 0.922. The summed E-state index contributed by atoms with van der Waals surface area (Å²) in [6, 6.07) is 9.33. The zero-order chi connectivity index (χ0) is 49.1. The van der Waals surface area contributed by atoms with Crippen LogP contribution in [0.25, 0.3) is 6.08 Å². The maximum atomic E-state index is 13.6. The van der Waals surface area contributed by atoms with Gasteiger partial charge in [-0.15, -0.1) is 0 Å². The van der Waals surface area contributed by atoms with E-state index in [1.807, 2.05) is 50.3 Å². The van der Waals surface area contributed by atoms with Crippen LogP contribution in [-0.4, -0.2) is 173 Å². The van der Waals surface area contributed by atoms with Crippen molar-refractivity contribution in [3.05, 3.63) is 53.6 Å². The Hall–Kier alpha value is -2.43. The summed E-state index contributed by atoms with van der Waals surface area (Å²) in [5, 5.41) is 70.6. The topological polar surface area (TPSA) is 231 Å². The monoisotopic (exact) mass is 961 g/mol. The summed E-state index contributed by atoms with van der Waals surface area (Å²) in [5.74, 6) is -1.20. The average Bonchev–Trinajstić information content (AvgIpc) is 3.54. The number of ether oxygens (including phenoxy) is 10. The molecule has 3 heterocycles. The highest BCUT2D eigenvalue weighted by atomic mass is 16.8. The SMILES string of the molecule is CO[C@@H]1[C@@H](O)[C@H](O[C@@H]2[C@@H](C)O[C@@H](O[C@H]3[C@@H](OC)C[C@H](O[C@H]4CC[C@@]5(C)C(=CC[C@]6(O)[C@@H]5C[C@@H](OC(=O)/C=C/c5ccccc5)[C@@]5(C)[C@]6(O)CC[C@@]5(O)[C@H](C)O)C4)O[C@@H]3C)C[C@H]2OC)O[C@H](C)[C@H]1O. The summed E-state index contributed by atoms with van der Waals surface area (Å²) >= 11 is 0. The molecule has 17 nitrogen and oxygen atoms in total. The third kappa shape index (κ3) is 8.76. The molecule has 0 spiro atoms. The molecule has 8 rings (SSSR count). The second-order valence-electron chi connectivity index (χ2n) is 21.1. The minimum Gasteiger partial charge on any atom is -0.458 e. The molecule has 22 atom stereocenters. The number of aliphatic hydroxyl groups excluding tert-OH is 3. The predicted octanol–water partition coefficient (Wildman–Crippen LogP) is 3.46. The third-order valence-electron chi connectivity index (χ3n) is 17.6. The lowest BCUT2D eigenvalue weighted by atomic mass is 9.42. The number of rotatable bonds is 13. The lowest BCUT2D eigenvalue weighted by Gasteiger charge is -2.67. The summed E-state index contributed by atoms with van der Waals surface area (Å²) in [5.41, 5.74) is -5.80. The highest BCUT2D eigenvalue weighted by Crippen LogP contribution is 2.71. The van der Waals surface area contributed by atoms with Crippen molar-refractivity contribution in [2.24, 2.45) is 16.7 Å². The van der Waals surface area contributed by atoms with Crippen LogP contribution in [-0.2, 0) is 52.2 Å². The Labute approximate surface area is 399 Å². The van der Waals surface area contributed by atoms with Gasteiger partial charge in [-0.25, -0.2) is 4.79 Å². The van der Waals surface area contributed by atoms with Gasteiger partial charge in [0, 0.05) is 46.2 Å². The molecule has 68 heavy (non-hydrogen) atoms. The van der Waals surface area contributed by atoms with E-state index in [1.54, 1.807) is 34.1 Å². The minimum atomic E-state index is -1.91. The Bertz CT molecular complexity index is 1970. The van der Waals surface area contributed by atoms with Gasteiger partial charge in [-0.3, -0.25) is 0 Å². The van der Waals surface area contributed by atoms with Gasteiger partial charge < -0.3 is 78.0 Å². The van der Waals surface area contributed by atoms with Gasteiger partial charge >= 0.3 is 5.97 Å². The largest absolute Gasteiger partial charge is 0.458 e. The number of carbonyl (C=O) groups excluding carboxylic acids is 1. The number of hydrogen-bond acceptors (Lipinski definition) is 17. The van der Waals surface area contributed by atoms with Crippen LogP contribution in [0.15, 0.2) is 48.1 Å². The standard InChI is InChI=1S/C51H76O17/c1-27-41(54)45(61-9)42(55)46(64-27)68-44-29(3)63-40(25-35(44)60-8)67-43-28(2)62-39(24-34(43)59-7)65-33-18-19-47(5)32(23-33)17-20-50(57)36(47)26-37(66-38(53)16-15-31-13-11-10-12-14-31)48(6)49(56,30(4)52)21-22-51(48,50)58/h10-17,27-30,33-37,39-46,52,54-58H,18-26H2,1-9H3/b16-15+/t27-,28-,29-,30+,33+,34+,35-,36-,37-,39+,40+,41-,42-,43-,44-,45+,46+,47+,48-,49-,50+,51-/m1/s1. The van der Waals surface area contributed by atoms with Gasteiger partial charge in [-0.05, 0) is 89.7 Å². The van der Waals surface area contributed by atoms with Crippen molar-refractivity contribution in [3.63, 3.8) is 0 Å². The summed E-state index contributed by atoms with van der Waals surface area (Å²) in [7, 11) is 4.62. The molecule has 0 amide bonds. The molecule has 4 aliphatic carbocycles. The van der Waals surface area contributed by atoms with Crippen molar-refractivity contribution in [2.75, 3.05) is 21.3 Å². The summed E-state index contributed by atoms with van der Waals surface area (Å²) < 4.78 is 61.7. The minimum absolute atomic E-state index is 0.00945.